The third kappa shape index (κ3) is 3.62. The Labute approximate surface area is 153 Å². The summed E-state index contributed by atoms with van der Waals surface area (Å²) in [6.07, 6.45) is 4.95. The monoisotopic (exact) mass is 367 g/mol. The number of hydrogen-bond donors (Lipinski definition) is 2. The van der Waals surface area contributed by atoms with Crippen LogP contribution in [0.4, 0.5) is 20.2 Å². The van der Waals surface area contributed by atoms with E-state index in [1.807, 2.05) is 6.07 Å². The Kier molecular flexibility index (Phi) is 4.27. The van der Waals surface area contributed by atoms with E-state index in [1.54, 1.807) is 12.1 Å². The molecule has 1 fully saturated rings. The van der Waals surface area contributed by atoms with Crippen molar-refractivity contribution >= 4 is 17.3 Å². The Balaban J connectivity index is 1.60. The Bertz CT molecular complexity index is 1020. The van der Waals surface area contributed by atoms with Crippen LogP contribution in [0.1, 0.15) is 34.7 Å². The van der Waals surface area contributed by atoms with Crippen LogP contribution in [0.25, 0.3) is 11.4 Å². The van der Waals surface area contributed by atoms with Gasteiger partial charge in [-0.3, -0.25) is 0 Å². The third-order valence-electron chi connectivity index (χ3n) is 4.42. The molecule has 27 heavy (non-hydrogen) atoms. The molecule has 3 aromatic rings. The standard InChI is InChI=1S/C20H15F2N3O2/c21-13-4-5-17(22)15(8-13)19-23-9-14(10-24-19)25-18-6-3-12(11-1-2-11)7-16(18)20(26)27/h3-11,25H,1-2H2,(H,26,27). The van der Waals surface area contributed by atoms with E-state index >= 15 is 0 Å². The van der Waals surface area contributed by atoms with Crippen molar-refractivity contribution in [3.05, 3.63) is 71.6 Å². The zero-order valence-electron chi connectivity index (χ0n) is 14.1. The van der Waals surface area contributed by atoms with Gasteiger partial charge in [0.1, 0.15) is 11.6 Å². The normalized spacial score (nSPS) is 13.4. The number of halogens is 2. The van der Waals surface area contributed by atoms with Crippen molar-refractivity contribution < 1.29 is 18.7 Å². The summed E-state index contributed by atoms with van der Waals surface area (Å²) in [6, 6.07) is 8.37. The van der Waals surface area contributed by atoms with Gasteiger partial charge in [0, 0.05) is 0 Å². The summed E-state index contributed by atoms with van der Waals surface area (Å²) in [7, 11) is 0. The molecule has 0 saturated heterocycles. The summed E-state index contributed by atoms with van der Waals surface area (Å²) in [5, 5.41) is 12.4. The number of aromatic nitrogens is 2. The number of nitrogens with one attached hydrogen (secondary N) is 1. The van der Waals surface area contributed by atoms with Gasteiger partial charge in [0.25, 0.3) is 0 Å². The fraction of sp³-hybridized carbons (Fsp3) is 0.150. The second-order valence-electron chi connectivity index (χ2n) is 6.43. The highest BCUT2D eigenvalue weighted by atomic mass is 19.1. The molecule has 0 spiro atoms. The average molecular weight is 367 g/mol. The highest BCUT2D eigenvalue weighted by molar-refractivity contribution is 5.95. The molecule has 0 radical (unpaired) electrons. The Morgan fingerprint density at radius 3 is 2.48 bits per heavy atom. The second kappa shape index (κ2) is 6.75. The van der Waals surface area contributed by atoms with Crippen LogP contribution in [0.5, 0.6) is 0 Å². The third-order valence-corrected chi connectivity index (χ3v) is 4.42. The maximum absolute atomic E-state index is 13.8. The van der Waals surface area contributed by atoms with Gasteiger partial charge in [-0.2, -0.15) is 0 Å². The molecule has 0 unspecified atom stereocenters. The molecule has 136 valence electrons. The van der Waals surface area contributed by atoms with Crippen molar-refractivity contribution in [1.29, 1.82) is 0 Å². The molecule has 1 aromatic heterocycles. The lowest BCUT2D eigenvalue weighted by Crippen LogP contribution is -2.04. The molecular formula is C20H15F2N3O2. The van der Waals surface area contributed by atoms with E-state index < -0.39 is 17.6 Å². The van der Waals surface area contributed by atoms with Crippen LogP contribution in [0.15, 0.2) is 48.8 Å². The van der Waals surface area contributed by atoms with Crippen LogP contribution in [0.3, 0.4) is 0 Å². The molecule has 1 aliphatic carbocycles. The van der Waals surface area contributed by atoms with Crippen molar-refractivity contribution in [2.45, 2.75) is 18.8 Å². The molecule has 0 atom stereocenters. The van der Waals surface area contributed by atoms with Crippen LogP contribution in [-0.2, 0) is 0 Å². The number of anilines is 2. The van der Waals surface area contributed by atoms with Crippen LogP contribution in [0.2, 0.25) is 0 Å². The molecule has 0 aliphatic heterocycles. The first kappa shape index (κ1) is 17.1. The quantitative estimate of drug-likeness (QED) is 0.681. The smallest absolute Gasteiger partial charge is 0.337 e. The van der Waals surface area contributed by atoms with E-state index in [0.29, 0.717) is 17.3 Å². The number of nitrogens with zero attached hydrogens (tertiary/aromatic N) is 2. The van der Waals surface area contributed by atoms with Gasteiger partial charge in [-0.1, -0.05) is 6.07 Å². The van der Waals surface area contributed by atoms with Gasteiger partial charge in [0.2, 0.25) is 0 Å². The molecule has 7 heteroatoms. The molecule has 1 heterocycles. The predicted molar refractivity (Wildman–Crippen MR) is 96.0 cm³/mol. The molecule has 0 amide bonds. The molecule has 1 saturated carbocycles. The van der Waals surface area contributed by atoms with Crippen LogP contribution in [-0.4, -0.2) is 21.0 Å². The zero-order valence-corrected chi connectivity index (χ0v) is 14.1. The van der Waals surface area contributed by atoms with Crippen molar-refractivity contribution in [2.75, 3.05) is 5.32 Å². The number of hydrogen-bond acceptors (Lipinski definition) is 4. The number of carboxylic acids is 1. The van der Waals surface area contributed by atoms with Crippen LogP contribution < -0.4 is 5.32 Å². The maximum atomic E-state index is 13.8. The van der Waals surface area contributed by atoms with Crippen molar-refractivity contribution in [1.82, 2.24) is 9.97 Å². The number of benzene rings is 2. The largest absolute Gasteiger partial charge is 0.478 e. The van der Waals surface area contributed by atoms with E-state index in [2.05, 4.69) is 15.3 Å². The second-order valence-corrected chi connectivity index (χ2v) is 6.43. The van der Waals surface area contributed by atoms with Crippen molar-refractivity contribution in [3.63, 3.8) is 0 Å². The molecule has 4 rings (SSSR count). The first-order valence-electron chi connectivity index (χ1n) is 8.43. The van der Waals surface area contributed by atoms with E-state index in [4.69, 9.17) is 0 Å². The number of carbonyl (C=O) groups is 1. The van der Waals surface area contributed by atoms with Gasteiger partial charge in [-0.15, -0.1) is 0 Å². The molecule has 1 aliphatic rings. The van der Waals surface area contributed by atoms with Gasteiger partial charge in [-0.05, 0) is 54.7 Å². The summed E-state index contributed by atoms with van der Waals surface area (Å²) in [4.78, 5) is 19.7. The van der Waals surface area contributed by atoms with Gasteiger partial charge in [0.05, 0.1) is 34.9 Å². The van der Waals surface area contributed by atoms with Crippen molar-refractivity contribution in [3.8, 4) is 11.4 Å². The van der Waals surface area contributed by atoms with E-state index in [-0.39, 0.29) is 17.0 Å². The minimum Gasteiger partial charge on any atom is -0.478 e. The summed E-state index contributed by atoms with van der Waals surface area (Å²) < 4.78 is 27.1. The highest BCUT2D eigenvalue weighted by Gasteiger charge is 2.25. The van der Waals surface area contributed by atoms with E-state index in [1.165, 1.54) is 12.4 Å². The van der Waals surface area contributed by atoms with Gasteiger partial charge < -0.3 is 10.4 Å². The highest BCUT2D eigenvalue weighted by Crippen LogP contribution is 2.41. The first-order chi connectivity index (χ1) is 13.0. The summed E-state index contributed by atoms with van der Waals surface area (Å²) in [5.74, 6) is -1.75. The summed E-state index contributed by atoms with van der Waals surface area (Å²) in [5.41, 5.74) is 2.00. The minimum absolute atomic E-state index is 0.0402. The number of aromatic carboxylic acids is 1. The Morgan fingerprint density at radius 2 is 1.81 bits per heavy atom. The van der Waals surface area contributed by atoms with Crippen LogP contribution >= 0.6 is 0 Å². The molecule has 0 bridgehead atoms. The maximum Gasteiger partial charge on any atom is 0.337 e. The van der Waals surface area contributed by atoms with E-state index in [9.17, 15) is 18.7 Å². The van der Waals surface area contributed by atoms with Gasteiger partial charge in [-0.25, -0.2) is 23.5 Å². The average Bonchev–Trinajstić information content (AvgIpc) is 3.50. The number of carboxylic acid groups (broad SMARTS) is 1. The summed E-state index contributed by atoms with van der Waals surface area (Å²) in [6.45, 7) is 0. The molecule has 2 N–H and O–H groups in total. The fourth-order valence-corrected chi connectivity index (χ4v) is 2.87. The topological polar surface area (TPSA) is 75.1 Å². The van der Waals surface area contributed by atoms with Crippen LogP contribution in [0, 0.1) is 11.6 Å². The molecular weight excluding hydrogens is 352 g/mol. The molecule has 2 aromatic carbocycles. The van der Waals surface area contributed by atoms with E-state index in [0.717, 1.165) is 36.6 Å². The lowest BCUT2D eigenvalue weighted by molar-refractivity contribution is 0.0698. The minimum atomic E-state index is -1.03. The lowest BCUT2D eigenvalue weighted by atomic mass is 10.0. The molecule has 5 nitrogen and oxygen atoms in total. The number of rotatable bonds is 5. The van der Waals surface area contributed by atoms with Crippen molar-refractivity contribution in [2.24, 2.45) is 0 Å². The fourth-order valence-electron chi connectivity index (χ4n) is 2.87. The predicted octanol–water partition coefficient (Wildman–Crippen LogP) is 4.74. The first-order valence-corrected chi connectivity index (χ1v) is 8.43. The van der Waals surface area contributed by atoms with Gasteiger partial charge >= 0.3 is 5.97 Å². The Hall–Kier alpha value is -3.35. The zero-order chi connectivity index (χ0) is 19.0. The van der Waals surface area contributed by atoms with Gasteiger partial charge in [0.15, 0.2) is 5.82 Å². The SMILES string of the molecule is O=C(O)c1cc(C2CC2)ccc1Nc1cnc(-c2cc(F)ccc2F)nc1. The summed E-state index contributed by atoms with van der Waals surface area (Å²) >= 11 is 0. The Morgan fingerprint density at radius 1 is 1.07 bits per heavy atom. The lowest BCUT2D eigenvalue weighted by Gasteiger charge is -2.11.